The van der Waals surface area contributed by atoms with Gasteiger partial charge < -0.3 is 24.6 Å². The normalized spacial score (nSPS) is 20.3. The summed E-state index contributed by atoms with van der Waals surface area (Å²) in [4.78, 5) is 34.5. The predicted octanol–water partition coefficient (Wildman–Crippen LogP) is 4.20. The minimum atomic E-state index is -1.95. The maximum absolute atomic E-state index is 14.8. The van der Waals surface area contributed by atoms with Gasteiger partial charge in [0, 0.05) is 17.5 Å². The van der Waals surface area contributed by atoms with Crippen molar-refractivity contribution in [2.24, 2.45) is 0 Å². The van der Waals surface area contributed by atoms with Gasteiger partial charge in [0.25, 0.3) is 0 Å². The summed E-state index contributed by atoms with van der Waals surface area (Å²) in [5, 5.41) is 29.5. The first-order chi connectivity index (χ1) is 17.5. The largest absolute Gasteiger partial charge is 0.611 e. The molecule has 0 heterocycles. The molecule has 4 atom stereocenters. The number of phenolic OH excluding ortho intramolecular Hbond substituents is 1. The fourth-order valence-corrected chi connectivity index (χ4v) is 6.08. The smallest absolute Gasteiger partial charge is 0.303 e. The molecule has 1 fully saturated rings. The molecule has 2 aromatic rings. The van der Waals surface area contributed by atoms with E-state index >= 15 is 0 Å². The van der Waals surface area contributed by atoms with E-state index < -0.39 is 46.2 Å². The second-order valence-electron chi connectivity index (χ2n) is 9.12. The van der Waals surface area contributed by atoms with Crippen LogP contribution in [-0.4, -0.2) is 54.9 Å². The van der Waals surface area contributed by atoms with Crippen LogP contribution in [0.25, 0.3) is 0 Å². The molecule has 1 saturated carbocycles. The van der Waals surface area contributed by atoms with Crippen LogP contribution in [0.2, 0.25) is 0 Å². The number of carbonyl (C=O) groups is 3. The lowest BCUT2D eigenvalue weighted by atomic mass is 9.93. The van der Waals surface area contributed by atoms with E-state index in [9.17, 15) is 33.5 Å². The van der Waals surface area contributed by atoms with E-state index in [1.54, 1.807) is 6.07 Å². The fraction of sp³-hybridized carbons (Fsp3) is 0.444. The Morgan fingerprint density at radius 2 is 1.89 bits per heavy atom. The molecule has 0 bridgehead atoms. The van der Waals surface area contributed by atoms with Crippen molar-refractivity contribution in [1.29, 1.82) is 0 Å². The highest BCUT2D eigenvalue weighted by atomic mass is 32.2. The van der Waals surface area contributed by atoms with Gasteiger partial charge in [0.15, 0.2) is 27.5 Å². The van der Waals surface area contributed by atoms with Crippen molar-refractivity contribution in [2.75, 3.05) is 0 Å². The molecule has 200 valence electrons. The average molecular weight is 535 g/mol. The molecule has 0 aliphatic heterocycles. The lowest BCUT2D eigenvalue weighted by Gasteiger charge is -2.35. The molecule has 1 aliphatic carbocycles. The number of ketones is 2. The van der Waals surface area contributed by atoms with Crippen molar-refractivity contribution in [3.8, 4) is 11.5 Å². The number of phenols is 1. The van der Waals surface area contributed by atoms with Gasteiger partial charge in [-0.3, -0.25) is 14.4 Å². The van der Waals surface area contributed by atoms with Gasteiger partial charge in [0.2, 0.25) is 0 Å². The molecular formula is C27H31FO8S. The number of halogens is 1. The minimum absolute atomic E-state index is 0.0119. The zero-order chi connectivity index (χ0) is 27.3. The summed E-state index contributed by atoms with van der Waals surface area (Å²) in [6.45, 7) is 3.27. The molecule has 1 unspecified atom stereocenters. The van der Waals surface area contributed by atoms with Crippen LogP contribution in [0.3, 0.4) is 0 Å². The topological polar surface area (TPSA) is 144 Å². The Bertz CT molecular complexity index is 1170. The number of ether oxygens (including phenoxy) is 1. The molecule has 0 amide bonds. The number of rotatable bonds is 11. The number of carbonyl (C=O) groups excluding carboxylic acids is 2. The van der Waals surface area contributed by atoms with E-state index in [1.807, 2.05) is 6.92 Å². The van der Waals surface area contributed by atoms with Gasteiger partial charge in [-0.05, 0) is 74.1 Å². The molecule has 2 aromatic carbocycles. The van der Waals surface area contributed by atoms with Crippen molar-refractivity contribution >= 4 is 28.7 Å². The first-order valence-corrected chi connectivity index (χ1v) is 13.4. The number of aliphatic hydroxyl groups excluding tert-OH is 1. The second-order valence-corrected chi connectivity index (χ2v) is 10.8. The molecule has 0 aromatic heterocycles. The molecule has 3 rings (SSSR count). The third-order valence-corrected chi connectivity index (χ3v) is 8.28. The average Bonchev–Trinajstić information content (AvgIpc) is 2.85. The standard InChI is InChI=1S/C27H31FO8S/c1-3-5-18-21(11-9-17(15(2)29)26(18)33)36-22-6-4-7-24(27(22)34)37(35)23-12-8-16(14-19(23)28)20(30)10-13-25(31)32/h8-9,11-12,14,22,24,27,33-34H,3-7,10,13H2,1-2H3,(H,31,32)/t22-,24-,27-,37?/m1/s1. The SMILES string of the molecule is CCCc1c(O[C@@H]2CCC[C@@H]([S+]([O-])c3ccc(C(=O)CCC(=O)O)cc3F)[C@@H]2O)ccc(C(C)=O)c1O. The highest BCUT2D eigenvalue weighted by Crippen LogP contribution is 2.37. The van der Waals surface area contributed by atoms with Crippen LogP contribution >= 0.6 is 0 Å². The van der Waals surface area contributed by atoms with E-state index in [-0.39, 0.29) is 40.4 Å². The van der Waals surface area contributed by atoms with Crippen LogP contribution in [0, 0.1) is 5.82 Å². The Morgan fingerprint density at radius 1 is 1.16 bits per heavy atom. The van der Waals surface area contributed by atoms with Crippen LogP contribution < -0.4 is 4.74 Å². The molecule has 0 spiro atoms. The molecule has 37 heavy (non-hydrogen) atoms. The Morgan fingerprint density at radius 3 is 2.51 bits per heavy atom. The third kappa shape index (κ3) is 6.68. The van der Waals surface area contributed by atoms with Gasteiger partial charge in [-0.25, -0.2) is 4.39 Å². The quantitative estimate of drug-likeness (QED) is 0.287. The van der Waals surface area contributed by atoms with Gasteiger partial charge in [-0.15, -0.1) is 0 Å². The maximum atomic E-state index is 14.8. The highest BCUT2D eigenvalue weighted by molar-refractivity contribution is 7.92. The van der Waals surface area contributed by atoms with Gasteiger partial charge in [0.05, 0.1) is 12.0 Å². The number of aliphatic carboxylic acids is 1. The first-order valence-electron chi connectivity index (χ1n) is 12.2. The van der Waals surface area contributed by atoms with Crippen LogP contribution in [-0.2, 0) is 22.4 Å². The van der Waals surface area contributed by atoms with Crippen LogP contribution in [0.1, 0.15) is 78.7 Å². The van der Waals surface area contributed by atoms with E-state index in [0.717, 1.165) is 6.07 Å². The minimum Gasteiger partial charge on any atom is -0.611 e. The van der Waals surface area contributed by atoms with E-state index in [1.165, 1.54) is 25.1 Å². The number of Topliss-reactive ketones (excluding diaryl/α,β-unsaturated/α-hetero) is 2. The molecule has 8 nitrogen and oxygen atoms in total. The summed E-state index contributed by atoms with van der Waals surface area (Å²) < 4.78 is 34.2. The van der Waals surface area contributed by atoms with Crippen LogP contribution in [0.15, 0.2) is 35.2 Å². The van der Waals surface area contributed by atoms with Crippen molar-refractivity contribution in [3.63, 3.8) is 0 Å². The lowest BCUT2D eigenvalue weighted by molar-refractivity contribution is -0.136. The van der Waals surface area contributed by atoms with Crippen LogP contribution in [0.4, 0.5) is 4.39 Å². The number of benzene rings is 2. The number of aliphatic hydroxyl groups is 1. The zero-order valence-corrected chi connectivity index (χ0v) is 21.6. The van der Waals surface area contributed by atoms with Gasteiger partial charge in [-0.2, -0.15) is 0 Å². The molecule has 0 saturated heterocycles. The van der Waals surface area contributed by atoms with Gasteiger partial charge >= 0.3 is 5.97 Å². The lowest BCUT2D eigenvalue weighted by Crippen LogP contribution is -2.48. The Balaban J connectivity index is 1.79. The molecular weight excluding hydrogens is 503 g/mol. The summed E-state index contributed by atoms with van der Waals surface area (Å²) in [7, 11) is 0. The van der Waals surface area contributed by atoms with Gasteiger partial charge in [0.1, 0.15) is 23.7 Å². The van der Waals surface area contributed by atoms with Crippen molar-refractivity contribution in [1.82, 2.24) is 0 Å². The Labute approximate surface area is 217 Å². The number of carboxylic acids is 1. The fourth-order valence-electron chi connectivity index (χ4n) is 4.50. The van der Waals surface area contributed by atoms with E-state index in [2.05, 4.69) is 0 Å². The second kappa shape index (κ2) is 12.5. The third-order valence-electron chi connectivity index (χ3n) is 6.45. The summed E-state index contributed by atoms with van der Waals surface area (Å²) in [6.07, 6.45) is -0.109. The predicted molar refractivity (Wildman–Crippen MR) is 134 cm³/mol. The van der Waals surface area contributed by atoms with Crippen molar-refractivity contribution in [3.05, 3.63) is 52.8 Å². The van der Waals surface area contributed by atoms with E-state index in [0.29, 0.717) is 43.4 Å². The number of hydrogen-bond donors (Lipinski definition) is 3. The molecule has 0 radical (unpaired) electrons. The Hall–Kier alpha value is -2.95. The monoisotopic (exact) mass is 534 g/mol. The Kier molecular flexibility index (Phi) is 9.69. The molecule has 1 aliphatic rings. The maximum Gasteiger partial charge on any atom is 0.303 e. The van der Waals surface area contributed by atoms with Crippen molar-refractivity contribution < 1.29 is 43.4 Å². The van der Waals surface area contributed by atoms with Crippen LogP contribution in [0.5, 0.6) is 11.5 Å². The number of aromatic hydroxyl groups is 1. The zero-order valence-electron chi connectivity index (χ0n) is 20.7. The molecule has 3 N–H and O–H groups in total. The molecule has 10 heteroatoms. The highest BCUT2D eigenvalue weighted by Gasteiger charge is 2.42. The van der Waals surface area contributed by atoms with Gasteiger partial charge in [-0.1, -0.05) is 13.3 Å². The summed E-state index contributed by atoms with van der Waals surface area (Å²) >= 11 is -1.95. The summed E-state index contributed by atoms with van der Waals surface area (Å²) in [5.74, 6) is -2.66. The van der Waals surface area contributed by atoms with E-state index in [4.69, 9.17) is 9.84 Å². The summed E-state index contributed by atoms with van der Waals surface area (Å²) in [6, 6.07) is 6.52. The number of carboxylic acid groups (broad SMARTS) is 1. The number of hydrogen-bond acceptors (Lipinski definition) is 7. The summed E-state index contributed by atoms with van der Waals surface area (Å²) in [5.41, 5.74) is 0.626. The van der Waals surface area contributed by atoms with Crippen molar-refractivity contribution in [2.45, 2.75) is 81.1 Å². The first kappa shape index (κ1) is 28.6.